The van der Waals surface area contributed by atoms with Crippen LogP contribution in [0.5, 0.6) is 5.88 Å². The van der Waals surface area contributed by atoms with Crippen LogP contribution in [0.25, 0.3) is 5.57 Å². The molecule has 0 aliphatic carbocycles. The zero-order valence-electron chi connectivity index (χ0n) is 15.7. The third-order valence-electron chi connectivity index (χ3n) is 5.71. The number of ether oxygens (including phenoxy) is 1. The maximum Gasteiger partial charge on any atom is 0.421 e. The fourth-order valence-electron chi connectivity index (χ4n) is 4.37. The second kappa shape index (κ2) is 7.59. The molecule has 148 valence electrons. The van der Waals surface area contributed by atoms with Gasteiger partial charge >= 0.3 is 6.18 Å². The third kappa shape index (κ3) is 3.78. The van der Waals surface area contributed by atoms with Gasteiger partial charge in [-0.05, 0) is 42.0 Å². The van der Waals surface area contributed by atoms with Gasteiger partial charge in [-0.1, -0.05) is 42.8 Å². The van der Waals surface area contributed by atoms with Crippen LogP contribution in [0, 0.1) is 0 Å². The van der Waals surface area contributed by atoms with E-state index in [1.54, 1.807) is 0 Å². The monoisotopic (exact) mass is 388 g/mol. The quantitative estimate of drug-likeness (QED) is 0.709. The van der Waals surface area contributed by atoms with E-state index < -0.39 is 11.7 Å². The summed E-state index contributed by atoms with van der Waals surface area (Å²) in [7, 11) is 1.21. The normalized spacial score (nSPS) is 22.6. The third-order valence-corrected chi connectivity index (χ3v) is 5.71. The highest BCUT2D eigenvalue weighted by Crippen LogP contribution is 2.41. The number of hydrogen-bond donors (Lipinski definition) is 0. The lowest BCUT2D eigenvalue weighted by atomic mass is 9.82. The van der Waals surface area contributed by atoms with Crippen LogP contribution in [0.15, 0.2) is 48.7 Å². The van der Waals surface area contributed by atoms with Crippen LogP contribution >= 0.6 is 0 Å². The molecular formula is C22H23F3N2O. The minimum atomic E-state index is -4.49. The summed E-state index contributed by atoms with van der Waals surface area (Å²) in [5.41, 5.74) is 1.95. The van der Waals surface area contributed by atoms with Gasteiger partial charge in [0.15, 0.2) is 0 Å². The Hall–Kier alpha value is -2.34. The van der Waals surface area contributed by atoms with Gasteiger partial charge in [-0.2, -0.15) is 13.2 Å². The van der Waals surface area contributed by atoms with Crippen molar-refractivity contribution in [2.45, 2.75) is 50.5 Å². The highest BCUT2D eigenvalue weighted by Gasteiger charge is 2.37. The number of rotatable bonds is 4. The SMILES string of the molecule is COc1ncc(C2=CC3CCCC(C2)N3Cc2ccccc2)cc1C(F)(F)F. The molecular weight excluding hydrogens is 365 g/mol. The molecule has 3 heterocycles. The average Bonchev–Trinajstić information content (AvgIpc) is 2.67. The first-order valence-corrected chi connectivity index (χ1v) is 9.57. The molecule has 28 heavy (non-hydrogen) atoms. The lowest BCUT2D eigenvalue weighted by molar-refractivity contribution is -0.139. The van der Waals surface area contributed by atoms with Crippen molar-refractivity contribution in [3.05, 3.63) is 65.4 Å². The fourth-order valence-corrected chi connectivity index (χ4v) is 4.37. The molecule has 4 rings (SSSR count). The molecule has 0 spiro atoms. The van der Waals surface area contributed by atoms with Crippen molar-refractivity contribution in [3.63, 3.8) is 0 Å². The van der Waals surface area contributed by atoms with E-state index in [1.807, 2.05) is 18.2 Å². The van der Waals surface area contributed by atoms with E-state index in [-0.39, 0.29) is 11.9 Å². The van der Waals surface area contributed by atoms with E-state index in [0.717, 1.165) is 37.8 Å². The van der Waals surface area contributed by atoms with Crippen molar-refractivity contribution in [3.8, 4) is 5.88 Å². The summed E-state index contributed by atoms with van der Waals surface area (Å²) < 4.78 is 44.9. The number of pyridine rings is 1. The van der Waals surface area contributed by atoms with E-state index in [4.69, 9.17) is 4.74 Å². The van der Waals surface area contributed by atoms with E-state index in [2.05, 4.69) is 28.1 Å². The number of nitrogens with zero attached hydrogens (tertiary/aromatic N) is 2. The van der Waals surface area contributed by atoms with Gasteiger partial charge in [-0.15, -0.1) is 0 Å². The topological polar surface area (TPSA) is 25.4 Å². The van der Waals surface area contributed by atoms with Crippen LogP contribution in [0.4, 0.5) is 13.2 Å². The molecule has 1 saturated heterocycles. The van der Waals surface area contributed by atoms with Gasteiger partial charge in [0.25, 0.3) is 0 Å². The molecule has 1 aromatic heterocycles. The Bertz CT molecular complexity index is 864. The van der Waals surface area contributed by atoms with Crippen molar-refractivity contribution >= 4 is 5.57 Å². The molecule has 0 radical (unpaired) electrons. The molecule has 0 N–H and O–H groups in total. The van der Waals surface area contributed by atoms with E-state index in [1.165, 1.54) is 24.9 Å². The Morgan fingerprint density at radius 2 is 1.96 bits per heavy atom. The number of methoxy groups -OCH3 is 1. The maximum atomic E-state index is 13.4. The summed E-state index contributed by atoms with van der Waals surface area (Å²) in [5.74, 6) is -0.376. The zero-order chi connectivity index (χ0) is 19.7. The highest BCUT2D eigenvalue weighted by molar-refractivity contribution is 5.68. The van der Waals surface area contributed by atoms with E-state index >= 15 is 0 Å². The molecule has 2 aromatic rings. The molecule has 6 heteroatoms. The first kappa shape index (κ1) is 19.0. The number of aromatic nitrogens is 1. The minimum absolute atomic E-state index is 0.249. The molecule has 2 aliphatic heterocycles. The van der Waals surface area contributed by atoms with Gasteiger partial charge in [0.05, 0.1) is 7.11 Å². The molecule has 2 unspecified atom stereocenters. The number of fused-ring (bicyclic) bond motifs is 2. The predicted molar refractivity (Wildman–Crippen MR) is 102 cm³/mol. The molecule has 0 saturated carbocycles. The van der Waals surface area contributed by atoms with Crippen molar-refractivity contribution in [1.29, 1.82) is 0 Å². The summed E-state index contributed by atoms with van der Waals surface area (Å²) >= 11 is 0. The zero-order valence-corrected chi connectivity index (χ0v) is 15.7. The first-order chi connectivity index (χ1) is 13.5. The highest BCUT2D eigenvalue weighted by atomic mass is 19.4. The summed E-state index contributed by atoms with van der Waals surface area (Å²) in [5, 5.41) is 0. The Morgan fingerprint density at radius 1 is 1.18 bits per heavy atom. The van der Waals surface area contributed by atoms with Gasteiger partial charge in [0, 0.05) is 24.8 Å². The van der Waals surface area contributed by atoms with Crippen molar-refractivity contribution in [1.82, 2.24) is 9.88 Å². The summed E-state index contributed by atoms with van der Waals surface area (Å²) in [6, 6.07) is 12.1. The van der Waals surface area contributed by atoms with Crippen molar-refractivity contribution in [2.75, 3.05) is 7.11 Å². The van der Waals surface area contributed by atoms with Crippen LogP contribution in [0.2, 0.25) is 0 Å². The number of hydrogen-bond acceptors (Lipinski definition) is 3. The smallest absolute Gasteiger partial charge is 0.421 e. The van der Waals surface area contributed by atoms with Crippen molar-refractivity contribution in [2.24, 2.45) is 0 Å². The van der Waals surface area contributed by atoms with Crippen LogP contribution < -0.4 is 4.74 Å². The number of piperidine rings is 1. The summed E-state index contributed by atoms with van der Waals surface area (Å²) in [4.78, 5) is 6.41. The van der Waals surface area contributed by atoms with Crippen LogP contribution in [0.1, 0.15) is 42.4 Å². The maximum absolute atomic E-state index is 13.4. The van der Waals surface area contributed by atoms with Gasteiger partial charge in [0.2, 0.25) is 5.88 Å². The van der Waals surface area contributed by atoms with Gasteiger partial charge in [-0.25, -0.2) is 4.98 Å². The largest absolute Gasteiger partial charge is 0.481 e. The molecule has 3 nitrogen and oxygen atoms in total. The fraction of sp³-hybridized carbons (Fsp3) is 0.409. The van der Waals surface area contributed by atoms with Crippen LogP contribution in [0.3, 0.4) is 0 Å². The molecule has 1 fully saturated rings. The lowest BCUT2D eigenvalue weighted by Crippen LogP contribution is -2.47. The van der Waals surface area contributed by atoms with Gasteiger partial charge < -0.3 is 4.74 Å². The lowest BCUT2D eigenvalue weighted by Gasteiger charge is -2.45. The minimum Gasteiger partial charge on any atom is -0.481 e. The molecule has 2 atom stereocenters. The Morgan fingerprint density at radius 3 is 2.64 bits per heavy atom. The van der Waals surface area contributed by atoms with Gasteiger partial charge in [0.1, 0.15) is 5.56 Å². The van der Waals surface area contributed by atoms with Crippen LogP contribution in [-0.2, 0) is 12.7 Å². The Balaban J connectivity index is 1.64. The standard InChI is InChI=1S/C22H23F3N2O/c1-28-21-20(22(23,24)25)12-17(13-26-21)16-10-18-8-5-9-19(11-16)27(18)14-15-6-3-2-4-7-15/h2-4,6-7,10,12-13,18-19H,5,8-9,11,14H2,1H3. The molecule has 1 aromatic carbocycles. The predicted octanol–water partition coefficient (Wildman–Crippen LogP) is 5.32. The van der Waals surface area contributed by atoms with Gasteiger partial charge in [-0.3, -0.25) is 4.90 Å². The summed E-state index contributed by atoms with van der Waals surface area (Å²) in [6.45, 7) is 0.870. The molecule has 2 bridgehead atoms. The Kier molecular flexibility index (Phi) is 5.15. The number of alkyl halides is 3. The average molecular weight is 388 g/mol. The first-order valence-electron chi connectivity index (χ1n) is 9.57. The second-order valence-corrected chi connectivity index (χ2v) is 7.48. The second-order valence-electron chi connectivity index (χ2n) is 7.48. The molecule has 2 aliphatic rings. The van der Waals surface area contributed by atoms with E-state index in [0.29, 0.717) is 11.6 Å². The van der Waals surface area contributed by atoms with Crippen LogP contribution in [-0.4, -0.2) is 29.1 Å². The number of benzene rings is 1. The summed E-state index contributed by atoms with van der Waals surface area (Å²) in [6.07, 6.45) is 3.15. The van der Waals surface area contributed by atoms with E-state index in [9.17, 15) is 13.2 Å². The van der Waals surface area contributed by atoms with Crippen molar-refractivity contribution < 1.29 is 17.9 Å². The molecule has 0 amide bonds. The Labute approximate surface area is 162 Å². The number of halogens is 3.